The fourth-order valence-electron chi connectivity index (χ4n) is 11.5. The van der Waals surface area contributed by atoms with Gasteiger partial charge in [-0.1, -0.05) is 48.5 Å². The number of likely N-dealkylation sites (N-methyl/N-ethyl adjacent to an activating group) is 1. The maximum Gasteiger partial charge on any atom is 0.326 e. The average molecular weight is 928 g/mol. The number of quaternary nitrogens is 1. The van der Waals surface area contributed by atoms with Crippen LogP contribution in [-0.4, -0.2) is 94.0 Å². The molecule has 4 saturated carbocycles. The number of carbonyl (C=O) groups excluding carboxylic acids is 5. The molecule has 68 heavy (non-hydrogen) atoms. The third-order valence-corrected chi connectivity index (χ3v) is 14.7. The van der Waals surface area contributed by atoms with E-state index in [-0.39, 0.29) is 59.9 Å². The van der Waals surface area contributed by atoms with E-state index in [0.29, 0.717) is 36.4 Å². The van der Waals surface area contributed by atoms with Crippen LogP contribution in [0.3, 0.4) is 0 Å². The Kier molecular flexibility index (Phi) is 14.5. The first kappa shape index (κ1) is 47.7. The number of amides is 5. The number of hydrogen-bond donors (Lipinski definition) is 8. The molecule has 0 aromatic heterocycles. The van der Waals surface area contributed by atoms with Crippen molar-refractivity contribution in [3.63, 3.8) is 0 Å². The van der Waals surface area contributed by atoms with E-state index in [2.05, 4.69) is 51.3 Å². The number of aliphatic carboxylic acids is 1. The molecule has 4 aromatic carbocycles. The molecule has 4 aliphatic carbocycles. The summed E-state index contributed by atoms with van der Waals surface area (Å²) in [6.07, 6.45) is 8.04. The summed E-state index contributed by atoms with van der Waals surface area (Å²) in [6.45, 7) is 1.96. The Morgan fingerprint density at radius 1 is 0.765 bits per heavy atom. The number of phenols is 2. The zero-order chi connectivity index (χ0) is 48.2. The van der Waals surface area contributed by atoms with Crippen molar-refractivity contribution >= 4 is 35.5 Å². The molecule has 5 aliphatic rings. The number of rotatable bonds is 14. The molecule has 15 nitrogen and oxygen atoms in total. The van der Waals surface area contributed by atoms with Gasteiger partial charge in [-0.15, -0.1) is 0 Å². The zero-order valence-electron chi connectivity index (χ0n) is 38.7. The van der Waals surface area contributed by atoms with Crippen LogP contribution in [-0.2, 0) is 30.4 Å². The largest absolute Gasteiger partial charge is 0.507 e. The molecule has 0 spiro atoms. The second-order valence-corrected chi connectivity index (χ2v) is 19.4. The van der Waals surface area contributed by atoms with Crippen LogP contribution < -0.4 is 27.0 Å². The van der Waals surface area contributed by atoms with Gasteiger partial charge >= 0.3 is 5.97 Å². The monoisotopic (exact) mass is 927 g/mol. The van der Waals surface area contributed by atoms with Gasteiger partial charge in [0.05, 0.1) is 6.54 Å². The van der Waals surface area contributed by atoms with Crippen molar-refractivity contribution in [3.05, 3.63) is 107 Å². The van der Waals surface area contributed by atoms with E-state index in [9.17, 15) is 44.1 Å². The highest BCUT2D eigenvalue weighted by Crippen LogP contribution is 2.59. The van der Waals surface area contributed by atoms with Crippen molar-refractivity contribution in [2.45, 2.75) is 101 Å². The first-order valence-electron chi connectivity index (χ1n) is 24.0. The Morgan fingerprint density at radius 3 is 2.00 bits per heavy atom. The van der Waals surface area contributed by atoms with Gasteiger partial charge in [-0.3, -0.25) is 24.0 Å². The van der Waals surface area contributed by atoms with Crippen LogP contribution in [0.25, 0.3) is 22.3 Å². The van der Waals surface area contributed by atoms with E-state index < -0.39 is 53.8 Å². The lowest BCUT2D eigenvalue weighted by Gasteiger charge is -2.54. The fourth-order valence-corrected chi connectivity index (χ4v) is 11.5. The van der Waals surface area contributed by atoms with Crippen molar-refractivity contribution in [2.75, 3.05) is 20.1 Å². The number of benzene rings is 4. The van der Waals surface area contributed by atoms with Crippen LogP contribution in [0, 0.1) is 23.7 Å². The number of nitrogens with zero attached hydrogens (tertiary/aromatic N) is 1. The van der Waals surface area contributed by atoms with Gasteiger partial charge in [0.2, 0.25) is 23.6 Å². The minimum absolute atomic E-state index is 0.00773. The van der Waals surface area contributed by atoms with Crippen molar-refractivity contribution in [3.8, 4) is 33.8 Å². The van der Waals surface area contributed by atoms with Crippen LogP contribution in [0.2, 0.25) is 0 Å². The van der Waals surface area contributed by atoms with Gasteiger partial charge < -0.3 is 47.2 Å². The number of phenolic OH excluding ortho intramolecular Hbond substituents is 2. The maximum atomic E-state index is 14.5. The van der Waals surface area contributed by atoms with Gasteiger partial charge in [0, 0.05) is 43.1 Å². The number of carbonyl (C=O) groups is 6. The van der Waals surface area contributed by atoms with Gasteiger partial charge in [-0.25, -0.2) is 4.79 Å². The van der Waals surface area contributed by atoms with Crippen LogP contribution in [0.4, 0.5) is 0 Å². The summed E-state index contributed by atoms with van der Waals surface area (Å²) >= 11 is 0. The highest BCUT2D eigenvalue weighted by Gasteiger charge is 2.48. The second kappa shape index (κ2) is 20.6. The molecule has 5 amide bonds. The van der Waals surface area contributed by atoms with E-state index in [4.69, 9.17) is 0 Å². The fraction of sp³-hybridized carbons (Fsp3) is 0.434. The Hall–Kier alpha value is -6.74. The topological polar surface area (TPSA) is 242 Å². The number of carboxylic acids is 1. The molecule has 8 bridgehead atoms. The van der Waals surface area contributed by atoms with Crippen molar-refractivity contribution in [2.24, 2.45) is 23.7 Å². The third kappa shape index (κ3) is 10.5. The summed E-state index contributed by atoms with van der Waals surface area (Å²) in [5, 5.41) is 42.5. The molecule has 9 rings (SSSR count). The summed E-state index contributed by atoms with van der Waals surface area (Å²) in [5.74, 6) is -0.713. The Labute approximate surface area is 396 Å². The van der Waals surface area contributed by atoms with Crippen LogP contribution in [0.15, 0.2) is 84.9 Å². The molecular weight excluding hydrogens is 865 g/mol. The lowest BCUT2D eigenvalue weighted by Crippen LogP contribution is -2.55. The Bertz CT molecular complexity index is 2520. The number of aromatic hydroxyl groups is 2. The molecule has 0 unspecified atom stereocenters. The van der Waals surface area contributed by atoms with Crippen molar-refractivity contribution in [1.29, 1.82) is 0 Å². The SMILES string of the molecule is C[C@@H]1NC(=O)[C@@H](N(C)C(=O)[C@H](CCCC[NH3+])NC(=O)CCNC(=O)c2ccc(-c3ccc(C4C5CC6CC(C5)CC4C6)cc3)cc2)c2ccc(O)c(c2)-c2cc(ccc2O)C[C@@H](C(=O)O)NC1=O. The third-order valence-electron chi connectivity index (χ3n) is 14.7. The van der Waals surface area contributed by atoms with Gasteiger partial charge in [0.15, 0.2) is 0 Å². The highest BCUT2D eigenvalue weighted by molar-refractivity contribution is 5.97. The number of carboxylic acid groups (broad SMARTS) is 1. The highest BCUT2D eigenvalue weighted by atomic mass is 16.4. The van der Waals surface area contributed by atoms with Gasteiger partial charge in [0.1, 0.15) is 35.7 Å². The standard InChI is InChI=1S/C53H62N6O9/c1-29-49(63)58-43(53(67)68)27-30-6-16-44(60)40(26-30)41-28-37(15-17-45(41)61)48(51(65)56-29)59(2)52(66)42(5-3-4-19-54)57-46(62)18-20-55-50(64)36-13-9-34(10-14-36)33-7-11-35(12-8-33)47-38-22-31-21-32(24-38)25-39(47)23-31/h6-17,26,28-29,31-32,38-39,42-43,47-48,60-61H,3-5,18-25,27,54H2,1-2H3,(H,55,64)(H,56,65)(H,57,62)(H,58,63)(H,67,68)/p+1/t29-,31?,32?,38?,39?,42-,43-,47?,48-/m0/s1. The van der Waals surface area contributed by atoms with E-state index in [1.165, 1.54) is 88.0 Å². The number of nitrogens with one attached hydrogen (secondary N) is 4. The molecule has 4 atom stereocenters. The van der Waals surface area contributed by atoms with E-state index >= 15 is 0 Å². The van der Waals surface area contributed by atoms with Crippen LogP contribution >= 0.6 is 0 Å². The molecule has 0 saturated heterocycles. The van der Waals surface area contributed by atoms with E-state index in [1.54, 1.807) is 12.1 Å². The molecule has 1 aliphatic heterocycles. The van der Waals surface area contributed by atoms with Gasteiger partial charge in [-0.2, -0.15) is 0 Å². The van der Waals surface area contributed by atoms with Gasteiger partial charge in [-0.05, 0) is 152 Å². The molecule has 15 heteroatoms. The number of fused-ring (bicyclic) bond motifs is 5. The summed E-state index contributed by atoms with van der Waals surface area (Å²) < 4.78 is 0. The summed E-state index contributed by atoms with van der Waals surface area (Å²) in [6, 6.07) is 19.7. The minimum atomic E-state index is -1.43. The molecule has 4 fully saturated rings. The first-order valence-corrected chi connectivity index (χ1v) is 24.0. The lowest BCUT2D eigenvalue weighted by atomic mass is 9.51. The Balaban J connectivity index is 0.924. The summed E-state index contributed by atoms with van der Waals surface area (Å²) in [7, 11) is 1.38. The smallest absolute Gasteiger partial charge is 0.326 e. The normalized spacial score (nSPS) is 24.5. The van der Waals surface area contributed by atoms with E-state index in [0.717, 1.165) is 39.7 Å². The molecule has 10 N–H and O–H groups in total. The van der Waals surface area contributed by atoms with Crippen LogP contribution in [0.5, 0.6) is 11.5 Å². The molecule has 358 valence electrons. The maximum absolute atomic E-state index is 14.5. The predicted molar refractivity (Wildman–Crippen MR) is 254 cm³/mol. The van der Waals surface area contributed by atoms with Crippen molar-refractivity contribution in [1.82, 2.24) is 26.2 Å². The average Bonchev–Trinajstić information content (AvgIpc) is 3.31. The second-order valence-electron chi connectivity index (χ2n) is 19.4. The quantitative estimate of drug-likeness (QED) is 0.0808. The van der Waals surface area contributed by atoms with Crippen LogP contribution in [0.1, 0.15) is 104 Å². The molecule has 0 radical (unpaired) electrons. The van der Waals surface area contributed by atoms with E-state index in [1.807, 2.05) is 12.1 Å². The number of unbranched alkanes of at least 4 members (excludes halogenated alkanes) is 1. The number of hydrogen-bond acceptors (Lipinski definition) is 8. The first-order chi connectivity index (χ1) is 32.7. The summed E-state index contributed by atoms with van der Waals surface area (Å²) in [4.78, 5) is 82.0. The summed E-state index contributed by atoms with van der Waals surface area (Å²) in [5.41, 5.74) is 8.77. The minimum Gasteiger partial charge on any atom is -0.507 e. The van der Waals surface area contributed by atoms with Gasteiger partial charge in [0.25, 0.3) is 5.91 Å². The lowest BCUT2D eigenvalue weighted by molar-refractivity contribution is -0.368. The molecular formula is C53H63N6O9+. The van der Waals surface area contributed by atoms with Crippen molar-refractivity contribution < 1.29 is 49.8 Å². The zero-order valence-corrected chi connectivity index (χ0v) is 38.7. The predicted octanol–water partition coefficient (Wildman–Crippen LogP) is 4.82. The Morgan fingerprint density at radius 2 is 1.37 bits per heavy atom. The molecule has 4 aromatic rings. The molecule has 1 heterocycles.